The number of halogens is 1. The van der Waals surface area contributed by atoms with Crippen LogP contribution in [0.15, 0.2) is 12.3 Å². The van der Waals surface area contributed by atoms with Crippen molar-refractivity contribution in [3.05, 3.63) is 18.0 Å². The zero-order valence-corrected chi connectivity index (χ0v) is 11.1. The van der Waals surface area contributed by atoms with Gasteiger partial charge in [-0.05, 0) is 18.9 Å². The normalized spacial score (nSPS) is 25.0. The summed E-state index contributed by atoms with van der Waals surface area (Å²) in [5, 5.41) is 10.5. The van der Waals surface area contributed by atoms with Gasteiger partial charge in [-0.15, -0.1) is 12.4 Å². The van der Waals surface area contributed by atoms with Gasteiger partial charge in [0.25, 0.3) is 0 Å². The first-order chi connectivity index (χ1) is 7.90. The minimum atomic E-state index is 0. The predicted octanol–water partition coefficient (Wildman–Crippen LogP) is 2.27. The summed E-state index contributed by atoms with van der Waals surface area (Å²) in [4.78, 5) is 0. The average Bonchev–Trinajstić information content (AvgIpc) is 2.71. The molecule has 0 aromatic carbocycles. The Kier molecular flexibility index (Phi) is 6.55. The van der Waals surface area contributed by atoms with E-state index in [0.29, 0.717) is 12.1 Å². The molecule has 0 bridgehead atoms. The molecule has 1 aliphatic carbocycles. The first-order valence-electron chi connectivity index (χ1n) is 6.14. The molecule has 2 atom stereocenters. The number of hydrogen-bond acceptors (Lipinski definition) is 3. The minimum Gasteiger partial charge on any atom is -0.380 e. The smallest absolute Gasteiger partial charge is 0.0724 e. The highest BCUT2D eigenvalue weighted by atomic mass is 35.5. The Morgan fingerprint density at radius 1 is 1.41 bits per heavy atom. The van der Waals surface area contributed by atoms with E-state index in [9.17, 15) is 0 Å². The van der Waals surface area contributed by atoms with Crippen LogP contribution in [-0.4, -0.2) is 29.5 Å². The molecule has 1 aromatic heterocycles. The molecular weight excluding hydrogens is 238 g/mol. The lowest BCUT2D eigenvalue weighted by Crippen LogP contribution is -2.39. The summed E-state index contributed by atoms with van der Waals surface area (Å²) in [7, 11) is 1.82. The monoisotopic (exact) mass is 259 g/mol. The van der Waals surface area contributed by atoms with Gasteiger partial charge >= 0.3 is 0 Å². The van der Waals surface area contributed by atoms with Crippen molar-refractivity contribution < 1.29 is 4.74 Å². The second-order valence-corrected chi connectivity index (χ2v) is 4.48. The first-order valence-corrected chi connectivity index (χ1v) is 6.14. The highest BCUT2D eigenvalue weighted by Crippen LogP contribution is 2.20. The van der Waals surface area contributed by atoms with Crippen molar-refractivity contribution in [1.29, 1.82) is 0 Å². The number of aromatic amines is 1. The predicted molar refractivity (Wildman–Crippen MR) is 70.3 cm³/mol. The number of nitrogens with zero attached hydrogens (tertiary/aromatic N) is 1. The molecule has 17 heavy (non-hydrogen) atoms. The van der Waals surface area contributed by atoms with Crippen molar-refractivity contribution >= 4 is 12.4 Å². The van der Waals surface area contributed by atoms with E-state index in [1.807, 2.05) is 13.2 Å². The van der Waals surface area contributed by atoms with Crippen LogP contribution in [-0.2, 0) is 11.3 Å². The number of rotatable bonds is 4. The first kappa shape index (κ1) is 14.5. The fourth-order valence-corrected chi connectivity index (χ4v) is 2.41. The summed E-state index contributed by atoms with van der Waals surface area (Å²) in [6.45, 7) is 0.852. The van der Waals surface area contributed by atoms with Crippen LogP contribution in [0.4, 0.5) is 0 Å². The highest BCUT2D eigenvalue weighted by Gasteiger charge is 2.22. The number of nitrogens with one attached hydrogen (secondary N) is 2. The number of H-pyrrole nitrogens is 1. The van der Waals surface area contributed by atoms with Gasteiger partial charge < -0.3 is 10.1 Å². The maximum absolute atomic E-state index is 5.57. The van der Waals surface area contributed by atoms with E-state index in [4.69, 9.17) is 4.74 Å². The maximum Gasteiger partial charge on any atom is 0.0724 e. The summed E-state index contributed by atoms with van der Waals surface area (Å²) in [6, 6.07) is 2.49. The van der Waals surface area contributed by atoms with Gasteiger partial charge in [0.1, 0.15) is 0 Å². The lowest BCUT2D eigenvalue weighted by atomic mass is 10.1. The Morgan fingerprint density at radius 2 is 2.24 bits per heavy atom. The maximum atomic E-state index is 5.57. The molecule has 0 amide bonds. The molecule has 0 saturated heterocycles. The van der Waals surface area contributed by atoms with Crippen LogP contribution in [0.3, 0.4) is 0 Å². The van der Waals surface area contributed by atoms with Gasteiger partial charge in [0.15, 0.2) is 0 Å². The van der Waals surface area contributed by atoms with Gasteiger partial charge in [-0.3, -0.25) is 5.10 Å². The van der Waals surface area contributed by atoms with Crippen LogP contribution in [0, 0.1) is 0 Å². The van der Waals surface area contributed by atoms with Crippen molar-refractivity contribution in [2.45, 2.75) is 50.8 Å². The third kappa shape index (κ3) is 4.30. The fraction of sp³-hybridized carbons (Fsp3) is 0.750. The molecule has 98 valence electrons. The van der Waals surface area contributed by atoms with E-state index in [2.05, 4.69) is 15.5 Å². The Hall–Kier alpha value is -0.580. The summed E-state index contributed by atoms with van der Waals surface area (Å²) < 4.78 is 5.57. The second-order valence-electron chi connectivity index (χ2n) is 4.48. The lowest BCUT2D eigenvalue weighted by molar-refractivity contribution is 0.0625. The van der Waals surface area contributed by atoms with E-state index < -0.39 is 0 Å². The fourth-order valence-electron chi connectivity index (χ4n) is 2.41. The van der Waals surface area contributed by atoms with Crippen LogP contribution in [0.25, 0.3) is 0 Å². The van der Waals surface area contributed by atoms with Crippen LogP contribution in [0.5, 0.6) is 0 Å². The molecule has 2 unspecified atom stereocenters. The Labute approximate surface area is 109 Å². The van der Waals surface area contributed by atoms with E-state index in [1.165, 1.54) is 32.1 Å². The summed E-state index contributed by atoms with van der Waals surface area (Å²) >= 11 is 0. The third-order valence-corrected chi connectivity index (χ3v) is 3.37. The van der Waals surface area contributed by atoms with E-state index >= 15 is 0 Å². The number of ether oxygens (including phenoxy) is 1. The topological polar surface area (TPSA) is 49.9 Å². The summed E-state index contributed by atoms with van der Waals surface area (Å²) in [5.74, 6) is 0. The molecule has 1 saturated carbocycles. The lowest BCUT2D eigenvalue weighted by Gasteiger charge is -2.24. The summed E-state index contributed by atoms with van der Waals surface area (Å²) in [6.07, 6.45) is 8.48. The average molecular weight is 260 g/mol. The van der Waals surface area contributed by atoms with E-state index in [-0.39, 0.29) is 12.4 Å². The van der Waals surface area contributed by atoms with Gasteiger partial charge in [-0.25, -0.2) is 0 Å². The Morgan fingerprint density at radius 3 is 2.94 bits per heavy atom. The van der Waals surface area contributed by atoms with Crippen molar-refractivity contribution in [3.63, 3.8) is 0 Å². The molecule has 2 rings (SSSR count). The van der Waals surface area contributed by atoms with Crippen molar-refractivity contribution in [3.8, 4) is 0 Å². The molecular formula is C12H22ClN3O. The number of methoxy groups -OCH3 is 1. The largest absolute Gasteiger partial charge is 0.380 e. The van der Waals surface area contributed by atoms with Crippen LogP contribution >= 0.6 is 12.4 Å². The van der Waals surface area contributed by atoms with Gasteiger partial charge in [0.2, 0.25) is 0 Å². The highest BCUT2D eigenvalue weighted by molar-refractivity contribution is 5.85. The SMILES string of the molecule is COC1CCCCCC1NCc1ccn[nH]1.Cl. The van der Waals surface area contributed by atoms with Gasteiger partial charge in [-0.2, -0.15) is 5.10 Å². The third-order valence-electron chi connectivity index (χ3n) is 3.37. The zero-order chi connectivity index (χ0) is 11.2. The Balaban J connectivity index is 0.00000144. The number of aromatic nitrogens is 2. The van der Waals surface area contributed by atoms with Crippen molar-refractivity contribution in [2.24, 2.45) is 0 Å². The Bertz CT molecular complexity index is 292. The van der Waals surface area contributed by atoms with Crippen LogP contribution in [0.2, 0.25) is 0 Å². The standard InChI is InChI=1S/C12H21N3O.ClH/c1-16-12-6-4-2-3-5-11(12)13-9-10-7-8-14-15-10;/h7-8,11-13H,2-6,9H2,1H3,(H,14,15);1H. The van der Waals surface area contributed by atoms with Gasteiger partial charge in [0.05, 0.1) is 6.10 Å². The molecule has 1 heterocycles. The molecule has 0 aliphatic heterocycles. The minimum absolute atomic E-state index is 0. The van der Waals surface area contributed by atoms with Gasteiger partial charge in [0, 0.05) is 31.6 Å². The molecule has 0 spiro atoms. The molecule has 2 N–H and O–H groups in total. The molecule has 5 heteroatoms. The zero-order valence-electron chi connectivity index (χ0n) is 10.3. The van der Waals surface area contributed by atoms with Crippen molar-refractivity contribution in [2.75, 3.05) is 7.11 Å². The van der Waals surface area contributed by atoms with Crippen LogP contribution in [0.1, 0.15) is 37.8 Å². The van der Waals surface area contributed by atoms with E-state index in [0.717, 1.165) is 12.2 Å². The molecule has 1 fully saturated rings. The quantitative estimate of drug-likeness (QED) is 0.816. The molecule has 1 aromatic rings. The number of hydrogen-bond donors (Lipinski definition) is 2. The van der Waals surface area contributed by atoms with E-state index in [1.54, 1.807) is 6.20 Å². The van der Waals surface area contributed by atoms with Crippen LogP contribution < -0.4 is 5.32 Å². The molecule has 0 radical (unpaired) electrons. The summed E-state index contributed by atoms with van der Waals surface area (Å²) in [5.41, 5.74) is 1.14. The second kappa shape index (κ2) is 7.69. The molecule has 1 aliphatic rings. The van der Waals surface area contributed by atoms with Crippen molar-refractivity contribution in [1.82, 2.24) is 15.5 Å². The van der Waals surface area contributed by atoms with Gasteiger partial charge in [-0.1, -0.05) is 19.3 Å². The molecule has 4 nitrogen and oxygen atoms in total.